The number of methoxy groups -OCH3 is 1. The second-order valence-electron chi connectivity index (χ2n) is 8.34. The topological polar surface area (TPSA) is 59.0 Å². The van der Waals surface area contributed by atoms with Crippen molar-refractivity contribution in [3.05, 3.63) is 58.1 Å². The number of para-hydroxylation sites is 1. The van der Waals surface area contributed by atoms with E-state index in [1.165, 1.54) is 0 Å². The van der Waals surface area contributed by atoms with Crippen LogP contribution in [0.5, 0.6) is 11.5 Å². The van der Waals surface area contributed by atoms with Gasteiger partial charge >= 0.3 is 0 Å². The molecule has 1 heterocycles. The second-order valence-corrected chi connectivity index (χ2v) is 9.19. The molecule has 0 bridgehead atoms. The first kappa shape index (κ1) is 22.3. The van der Waals surface area contributed by atoms with Gasteiger partial charge in [-0.2, -0.15) is 0 Å². The number of aliphatic hydroxyl groups is 1. The van der Waals surface area contributed by atoms with Crippen molar-refractivity contribution >= 4 is 29.1 Å². The molecule has 0 radical (unpaired) electrons. The third kappa shape index (κ3) is 4.50. The van der Waals surface area contributed by atoms with Crippen LogP contribution < -0.4 is 9.47 Å². The van der Waals surface area contributed by atoms with E-state index in [4.69, 9.17) is 32.7 Å². The van der Waals surface area contributed by atoms with E-state index in [9.17, 15) is 9.90 Å². The fraction of sp³-hybridized carbons (Fsp3) is 0.458. The summed E-state index contributed by atoms with van der Waals surface area (Å²) in [5, 5.41) is 12.3. The van der Waals surface area contributed by atoms with Crippen LogP contribution in [0.4, 0.5) is 0 Å². The highest BCUT2D eigenvalue weighted by Crippen LogP contribution is 2.50. The van der Waals surface area contributed by atoms with Crippen molar-refractivity contribution in [2.24, 2.45) is 5.92 Å². The van der Waals surface area contributed by atoms with Crippen LogP contribution in [0.15, 0.2) is 42.5 Å². The minimum absolute atomic E-state index is 0.0469. The lowest BCUT2D eigenvalue weighted by molar-refractivity contribution is -0.157. The summed E-state index contributed by atoms with van der Waals surface area (Å²) < 4.78 is 11.3. The predicted molar refractivity (Wildman–Crippen MR) is 121 cm³/mol. The molecule has 2 aromatic carbocycles. The molecule has 166 valence electrons. The number of likely N-dealkylation sites (tertiary alicyclic amines) is 1. The Kier molecular flexibility index (Phi) is 6.65. The number of fused-ring (bicyclic) bond motifs is 1. The molecule has 1 aliphatic carbocycles. The minimum Gasteiger partial charge on any atom is -0.496 e. The number of rotatable bonds is 5. The summed E-state index contributed by atoms with van der Waals surface area (Å²) in [5.41, 5.74) is 0.161. The summed E-state index contributed by atoms with van der Waals surface area (Å²) in [4.78, 5) is 15.2. The van der Waals surface area contributed by atoms with Crippen molar-refractivity contribution in [3.8, 4) is 11.5 Å². The summed E-state index contributed by atoms with van der Waals surface area (Å²) in [6.45, 7) is 0.324. The molecule has 1 saturated heterocycles. The van der Waals surface area contributed by atoms with Crippen LogP contribution >= 0.6 is 23.2 Å². The van der Waals surface area contributed by atoms with E-state index in [1.807, 2.05) is 29.2 Å². The summed E-state index contributed by atoms with van der Waals surface area (Å²) in [6.07, 6.45) is 4.25. The van der Waals surface area contributed by atoms with Crippen LogP contribution in [0.25, 0.3) is 0 Å². The van der Waals surface area contributed by atoms with Gasteiger partial charge in [0.15, 0.2) is 6.61 Å². The fourth-order valence-corrected chi connectivity index (χ4v) is 5.53. The monoisotopic (exact) mass is 463 g/mol. The number of carbonyl (C=O) groups is 1. The van der Waals surface area contributed by atoms with Crippen molar-refractivity contribution in [2.45, 2.75) is 43.7 Å². The van der Waals surface area contributed by atoms with Crippen LogP contribution in [0.3, 0.4) is 0 Å². The van der Waals surface area contributed by atoms with Crippen molar-refractivity contribution in [1.82, 2.24) is 4.90 Å². The molecule has 2 fully saturated rings. The molecular formula is C24H27Cl2NO4. The van der Waals surface area contributed by atoms with Crippen LogP contribution in [0, 0.1) is 5.92 Å². The lowest BCUT2D eigenvalue weighted by atomic mass is 9.66. The fourth-order valence-electron chi connectivity index (χ4n) is 5.07. The molecule has 0 spiro atoms. The maximum atomic E-state index is 13.3. The molecule has 1 aliphatic heterocycles. The van der Waals surface area contributed by atoms with Gasteiger partial charge in [-0.25, -0.2) is 0 Å². The quantitative estimate of drug-likeness (QED) is 0.655. The summed E-state index contributed by atoms with van der Waals surface area (Å²) >= 11 is 12.1. The maximum Gasteiger partial charge on any atom is 0.261 e. The first-order chi connectivity index (χ1) is 14.9. The SMILES string of the molecule is COc1ccccc1[C@@H]1[C@@H]2CCCC[C@@]2(O)CCN1C(=O)COc1ccc(Cl)cc1Cl. The standard InChI is InChI=1S/C24H27Cl2NO4/c1-30-20-8-3-2-6-17(20)23-18-7-4-5-11-24(18,29)12-13-27(23)22(28)15-31-21-10-9-16(25)14-19(21)26/h2-3,6,8-10,14,18,23,29H,4-5,7,11-13,15H2,1H3/t18-,23+,24+/m0/s1. The largest absolute Gasteiger partial charge is 0.496 e. The average Bonchev–Trinajstić information content (AvgIpc) is 2.77. The highest BCUT2D eigenvalue weighted by atomic mass is 35.5. The lowest BCUT2D eigenvalue weighted by Crippen LogP contribution is -2.57. The van der Waals surface area contributed by atoms with Gasteiger partial charge in [0.05, 0.1) is 23.8 Å². The lowest BCUT2D eigenvalue weighted by Gasteiger charge is -2.52. The molecule has 31 heavy (non-hydrogen) atoms. The van der Waals surface area contributed by atoms with Gasteiger partial charge in [0.2, 0.25) is 0 Å². The van der Waals surface area contributed by atoms with Crippen LogP contribution in [-0.2, 0) is 4.79 Å². The minimum atomic E-state index is -0.763. The summed E-state index contributed by atoms with van der Waals surface area (Å²) in [6, 6.07) is 12.4. The molecule has 3 atom stereocenters. The van der Waals surface area contributed by atoms with Crippen LogP contribution in [-0.4, -0.2) is 41.8 Å². The highest BCUT2D eigenvalue weighted by Gasteiger charge is 2.50. The number of nitrogens with zero attached hydrogens (tertiary/aromatic N) is 1. The highest BCUT2D eigenvalue weighted by molar-refractivity contribution is 6.35. The molecule has 5 nitrogen and oxygen atoms in total. The molecule has 2 aromatic rings. The predicted octanol–water partition coefficient (Wildman–Crippen LogP) is 5.28. The van der Waals surface area contributed by atoms with Gasteiger partial charge < -0.3 is 19.5 Å². The first-order valence-corrected chi connectivity index (χ1v) is 11.4. The number of hydrogen-bond acceptors (Lipinski definition) is 4. The molecule has 1 amide bonds. The zero-order valence-electron chi connectivity index (χ0n) is 17.5. The molecule has 4 rings (SSSR count). The van der Waals surface area contributed by atoms with Crippen LogP contribution in [0.1, 0.15) is 43.7 Å². The molecule has 7 heteroatoms. The number of piperidine rings is 1. The van der Waals surface area contributed by atoms with Gasteiger partial charge in [-0.3, -0.25) is 4.79 Å². The molecule has 2 aliphatic rings. The van der Waals surface area contributed by atoms with Gasteiger partial charge in [0, 0.05) is 23.0 Å². The van der Waals surface area contributed by atoms with Gasteiger partial charge in [-0.1, -0.05) is 54.2 Å². The second kappa shape index (κ2) is 9.27. The van der Waals surface area contributed by atoms with E-state index in [0.29, 0.717) is 28.8 Å². The Morgan fingerprint density at radius 3 is 2.74 bits per heavy atom. The van der Waals surface area contributed by atoms with E-state index in [2.05, 4.69) is 0 Å². The van der Waals surface area contributed by atoms with Gasteiger partial charge in [-0.05, 0) is 43.5 Å². The van der Waals surface area contributed by atoms with E-state index in [0.717, 1.165) is 37.0 Å². The number of amides is 1. The third-order valence-electron chi connectivity index (χ3n) is 6.59. The van der Waals surface area contributed by atoms with E-state index >= 15 is 0 Å². The smallest absolute Gasteiger partial charge is 0.261 e. The molecule has 1 N–H and O–H groups in total. The van der Waals surface area contributed by atoms with E-state index < -0.39 is 5.60 Å². The Hall–Kier alpha value is -1.95. The van der Waals surface area contributed by atoms with Gasteiger partial charge in [-0.15, -0.1) is 0 Å². The first-order valence-electron chi connectivity index (χ1n) is 10.7. The third-order valence-corrected chi connectivity index (χ3v) is 7.12. The van der Waals surface area contributed by atoms with Crippen molar-refractivity contribution in [1.29, 1.82) is 0 Å². The number of halogens is 2. The zero-order chi connectivity index (χ0) is 22.0. The van der Waals surface area contributed by atoms with E-state index in [-0.39, 0.29) is 24.5 Å². The van der Waals surface area contributed by atoms with Crippen molar-refractivity contribution in [2.75, 3.05) is 20.3 Å². The zero-order valence-corrected chi connectivity index (χ0v) is 19.0. The normalized spacial score (nSPS) is 25.6. The van der Waals surface area contributed by atoms with Crippen LogP contribution in [0.2, 0.25) is 10.0 Å². The maximum absolute atomic E-state index is 13.3. The number of benzene rings is 2. The Morgan fingerprint density at radius 1 is 1.16 bits per heavy atom. The molecule has 1 saturated carbocycles. The Morgan fingerprint density at radius 2 is 1.97 bits per heavy atom. The van der Waals surface area contributed by atoms with Crippen molar-refractivity contribution in [3.63, 3.8) is 0 Å². The Bertz CT molecular complexity index is 953. The summed E-state index contributed by atoms with van der Waals surface area (Å²) in [5.74, 6) is 0.949. The number of carbonyl (C=O) groups excluding carboxylic acids is 1. The van der Waals surface area contributed by atoms with Crippen molar-refractivity contribution < 1.29 is 19.4 Å². The van der Waals surface area contributed by atoms with Gasteiger partial charge in [0.25, 0.3) is 5.91 Å². The summed E-state index contributed by atoms with van der Waals surface area (Å²) in [7, 11) is 1.63. The Balaban J connectivity index is 1.62. The Labute approximate surface area is 192 Å². The molecular weight excluding hydrogens is 437 g/mol. The van der Waals surface area contributed by atoms with E-state index in [1.54, 1.807) is 25.3 Å². The van der Waals surface area contributed by atoms with Gasteiger partial charge in [0.1, 0.15) is 11.5 Å². The molecule has 0 aromatic heterocycles. The average molecular weight is 464 g/mol. The molecule has 0 unspecified atom stereocenters. The number of hydrogen-bond donors (Lipinski definition) is 1. The number of ether oxygens (including phenoxy) is 2.